The molecule has 0 fully saturated rings. The number of hydrogen-bond donors (Lipinski definition) is 1. The average molecular weight is 274 g/mol. The molecule has 1 heterocycles. The first-order valence-corrected chi connectivity index (χ1v) is 7.87. The van der Waals surface area contributed by atoms with Gasteiger partial charge in [0.1, 0.15) is 0 Å². The molecule has 1 aliphatic rings. The molecule has 1 N–H and O–H groups in total. The van der Waals surface area contributed by atoms with E-state index in [2.05, 4.69) is 9.03 Å². The molecule has 1 unspecified atom stereocenters. The van der Waals surface area contributed by atoms with Gasteiger partial charge in [0.15, 0.2) is 0 Å². The normalized spacial score (nSPS) is 33.9. The van der Waals surface area contributed by atoms with Gasteiger partial charge >= 0.3 is 23.3 Å². The lowest BCUT2D eigenvalue weighted by molar-refractivity contribution is 0.693. The molecule has 0 amide bonds. The first-order valence-electron chi connectivity index (χ1n) is 3.33. The fourth-order valence-electron chi connectivity index (χ4n) is 0.733. The van der Waals surface area contributed by atoms with Crippen LogP contribution in [0.25, 0.3) is 0 Å². The summed E-state index contributed by atoms with van der Waals surface area (Å²) in [5.74, 6) is 0. The highest BCUT2D eigenvalue weighted by atomic mass is 31.3. The SMILES string of the molecule is CCNP1(F)=NP(F)(F)=NP(F)(F)=N1. The Balaban J connectivity index is 3.33. The van der Waals surface area contributed by atoms with Gasteiger partial charge in [-0.25, -0.2) is 5.09 Å². The second-order valence-corrected chi connectivity index (χ2v) is 7.55. The van der Waals surface area contributed by atoms with E-state index in [-0.39, 0.29) is 6.54 Å². The zero-order valence-electron chi connectivity index (χ0n) is 6.78. The van der Waals surface area contributed by atoms with Crippen LogP contribution in [0.3, 0.4) is 0 Å². The number of rotatable bonds is 2. The van der Waals surface area contributed by atoms with E-state index in [1.807, 2.05) is 9.60 Å². The fraction of sp³-hybridized carbons (Fsp3) is 1.00. The van der Waals surface area contributed by atoms with E-state index in [1.54, 1.807) is 0 Å². The summed E-state index contributed by atoms with van der Waals surface area (Å²) in [6.07, 6.45) is 0. The van der Waals surface area contributed by atoms with Crippen molar-refractivity contribution in [1.29, 1.82) is 0 Å². The number of nitrogens with zero attached hydrogens (tertiary/aromatic N) is 3. The number of halogens is 5. The van der Waals surface area contributed by atoms with Crippen LogP contribution < -0.4 is 5.09 Å². The van der Waals surface area contributed by atoms with Crippen LogP contribution in [0.4, 0.5) is 21.0 Å². The van der Waals surface area contributed by atoms with Crippen LogP contribution >= 0.6 is 23.3 Å². The summed E-state index contributed by atoms with van der Waals surface area (Å²) in [5, 5.41) is 1.82. The Kier molecular flexibility index (Phi) is 3.27. The van der Waals surface area contributed by atoms with E-state index in [4.69, 9.17) is 0 Å². The Morgan fingerprint density at radius 2 is 1.43 bits per heavy atom. The van der Waals surface area contributed by atoms with Crippen LogP contribution in [0.1, 0.15) is 6.92 Å². The minimum Gasteiger partial charge on any atom is -0.240 e. The van der Waals surface area contributed by atoms with Gasteiger partial charge in [0.25, 0.3) is 0 Å². The Bertz CT molecular complexity index is 382. The number of hydrogen-bond acceptors (Lipinski definition) is 4. The third-order valence-electron chi connectivity index (χ3n) is 1.03. The van der Waals surface area contributed by atoms with E-state index in [0.29, 0.717) is 0 Å². The maximum atomic E-state index is 13.3. The Hall–Kier alpha value is 0.300. The van der Waals surface area contributed by atoms with Crippen molar-refractivity contribution >= 4 is 23.3 Å². The summed E-state index contributed by atoms with van der Waals surface area (Å²) in [4.78, 5) is 0. The lowest BCUT2D eigenvalue weighted by atomic mass is 10.8. The van der Waals surface area contributed by atoms with Crippen LogP contribution in [0.5, 0.6) is 0 Å². The lowest BCUT2D eigenvalue weighted by Crippen LogP contribution is -2.04. The van der Waals surface area contributed by atoms with E-state index in [1.165, 1.54) is 6.92 Å². The van der Waals surface area contributed by atoms with E-state index in [9.17, 15) is 21.0 Å². The highest BCUT2D eigenvalue weighted by Crippen LogP contribution is 2.80. The van der Waals surface area contributed by atoms with Gasteiger partial charge in [0, 0.05) is 6.54 Å². The molecular formula is C2H6F5N4P3. The Morgan fingerprint density at radius 3 is 1.86 bits per heavy atom. The quantitative estimate of drug-likeness (QED) is 0.539. The maximum absolute atomic E-state index is 13.3. The smallest absolute Gasteiger partial charge is 0.240 e. The maximum Gasteiger partial charge on any atom is 0.424 e. The van der Waals surface area contributed by atoms with Gasteiger partial charge in [-0.15, -0.1) is 30.3 Å². The van der Waals surface area contributed by atoms with Gasteiger partial charge in [-0.05, 0) is 0 Å². The summed E-state index contributed by atoms with van der Waals surface area (Å²) < 4.78 is 70.0. The molecule has 0 aliphatic carbocycles. The van der Waals surface area contributed by atoms with Gasteiger partial charge in [0.2, 0.25) is 0 Å². The third kappa shape index (κ3) is 3.16. The molecule has 0 saturated heterocycles. The molecule has 0 bridgehead atoms. The topological polar surface area (TPSA) is 49.1 Å². The molecule has 1 atom stereocenters. The first-order chi connectivity index (χ1) is 6.18. The zero-order valence-corrected chi connectivity index (χ0v) is 9.46. The number of nitrogens with one attached hydrogen (secondary N) is 1. The molecule has 0 saturated carbocycles. The average Bonchev–Trinajstić information content (AvgIpc) is 1.75. The van der Waals surface area contributed by atoms with Gasteiger partial charge in [-0.1, -0.05) is 6.92 Å². The van der Waals surface area contributed by atoms with Gasteiger partial charge in [-0.3, -0.25) is 0 Å². The largest absolute Gasteiger partial charge is 0.424 e. The van der Waals surface area contributed by atoms with Gasteiger partial charge in [-0.2, -0.15) is 4.20 Å². The lowest BCUT2D eigenvalue weighted by Gasteiger charge is -2.16. The zero-order chi connectivity index (χ0) is 11.0. The van der Waals surface area contributed by atoms with Crippen LogP contribution in [-0.2, 0) is 0 Å². The summed E-state index contributed by atoms with van der Waals surface area (Å²) in [7, 11) is -15.7. The highest BCUT2D eigenvalue weighted by Gasteiger charge is 2.38. The minimum absolute atomic E-state index is 0.0999. The molecule has 84 valence electrons. The van der Waals surface area contributed by atoms with Crippen molar-refractivity contribution < 1.29 is 21.0 Å². The van der Waals surface area contributed by atoms with Gasteiger partial charge in [0.05, 0.1) is 0 Å². The molecule has 0 aromatic carbocycles. The summed E-state index contributed by atoms with van der Waals surface area (Å²) in [6, 6.07) is 0. The predicted octanol–water partition coefficient (Wildman–Crippen LogP) is 5.30. The molecule has 12 heteroatoms. The monoisotopic (exact) mass is 274 g/mol. The van der Waals surface area contributed by atoms with Crippen molar-refractivity contribution in [2.45, 2.75) is 6.92 Å². The highest BCUT2D eigenvalue weighted by molar-refractivity contribution is 7.78. The molecule has 1 rings (SSSR count). The fourth-order valence-corrected chi connectivity index (χ4v) is 6.35. The van der Waals surface area contributed by atoms with Gasteiger partial charge < -0.3 is 0 Å². The molecule has 14 heavy (non-hydrogen) atoms. The van der Waals surface area contributed by atoms with E-state index < -0.39 is 23.3 Å². The summed E-state index contributed by atoms with van der Waals surface area (Å²) in [6.45, 7) is 1.28. The third-order valence-corrected chi connectivity index (χ3v) is 7.09. The van der Waals surface area contributed by atoms with Crippen LogP contribution in [-0.4, -0.2) is 6.54 Å². The Labute approximate surface area is 77.3 Å². The molecule has 0 aromatic heterocycles. The van der Waals surface area contributed by atoms with Crippen LogP contribution in [0.2, 0.25) is 0 Å². The van der Waals surface area contributed by atoms with Crippen molar-refractivity contribution in [1.82, 2.24) is 5.09 Å². The second-order valence-electron chi connectivity index (χ2n) is 2.22. The standard InChI is InChI=1S/C2H6F5N4P3/c1-2-8-14(7)10-12(3,4)9-13(5,6)11-14/h8H,2H2,1H3. The molecule has 0 radical (unpaired) electrons. The van der Waals surface area contributed by atoms with Crippen molar-refractivity contribution in [2.24, 2.45) is 13.5 Å². The van der Waals surface area contributed by atoms with Crippen LogP contribution in [0, 0.1) is 0 Å². The summed E-state index contributed by atoms with van der Waals surface area (Å²) in [5.41, 5.74) is 0. The van der Waals surface area contributed by atoms with Crippen molar-refractivity contribution in [3.63, 3.8) is 0 Å². The van der Waals surface area contributed by atoms with Crippen LogP contribution in [0.15, 0.2) is 13.5 Å². The van der Waals surface area contributed by atoms with Crippen molar-refractivity contribution in [3.8, 4) is 0 Å². The summed E-state index contributed by atoms with van der Waals surface area (Å²) >= 11 is 0. The Morgan fingerprint density at radius 1 is 0.929 bits per heavy atom. The molecular weight excluding hydrogens is 268 g/mol. The molecule has 0 aromatic rings. The van der Waals surface area contributed by atoms with Crippen molar-refractivity contribution in [3.05, 3.63) is 0 Å². The van der Waals surface area contributed by atoms with E-state index >= 15 is 0 Å². The second kappa shape index (κ2) is 3.71. The predicted molar refractivity (Wildman–Crippen MR) is 47.3 cm³/mol. The van der Waals surface area contributed by atoms with E-state index in [0.717, 1.165) is 0 Å². The van der Waals surface area contributed by atoms with Crippen molar-refractivity contribution in [2.75, 3.05) is 6.54 Å². The molecule has 4 nitrogen and oxygen atoms in total. The molecule has 0 spiro atoms. The minimum atomic E-state index is -5.54. The first kappa shape index (κ1) is 12.4. The molecule has 1 aliphatic heterocycles.